The summed E-state index contributed by atoms with van der Waals surface area (Å²) in [6, 6.07) is -0.623. The molecule has 412 valence electrons. The van der Waals surface area contributed by atoms with Crippen molar-refractivity contribution < 1.29 is 24.5 Å². The standard InChI is InChI=1S/C64H121NO5/c1-3-5-7-9-11-13-37-42-46-50-54-58-64(69)70-59-55-51-47-43-39-36-34-32-30-28-26-24-22-20-18-16-14-15-17-19-21-23-25-27-29-31-33-35-38-41-45-49-53-57-63(68)65-61(60-66)62(67)56-52-48-44-40-12-10-8-6-4-2/h9,11,18,20,52,56,61-62,66-67H,3-8,10,12-17,19,21-51,53-55,57-60H2,1-2H3,(H,65,68)/b11-9-,20-18-,56-52+. The monoisotopic (exact) mass is 984 g/mol. The van der Waals surface area contributed by atoms with Crippen LogP contribution in [0.4, 0.5) is 0 Å². The van der Waals surface area contributed by atoms with Gasteiger partial charge < -0.3 is 20.3 Å². The molecule has 0 rings (SSSR count). The molecule has 70 heavy (non-hydrogen) atoms. The number of ether oxygens (including phenoxy) is 1. The smallest absolute Gasteiger partial charge is 0.305 e. The van der Waals surface area contributed by atoms with E-state index < -0.39 is 12.1 Å². The molecule has 3 N–H and O–H groups in total. The fourth-order valence-electron chi connectivity index (χ4n) is 9.55. The van der Waals surface area contributed by atoms with Gasteiger partial charge in [0.05, 0.1) is 25.4 Å². The topological polar surface area (TPSA) is 95.9 Å². The van der Waals surface area contributed by atoms with Gasteiger partial charge in [-0.15, -0.1) is 0 Å². The number of nitrogens with one attached hydrogen (secondary N) is 1. The molecule has 6 nitrogen and oxygen atoms in total. The molecular formula is C64H121NO5. The van der Waals surface area contributed by atoms with Crippen LogP contribution in [0.1, 0.15) is 335 Å². The van der Waals surface area contributed by atoms with Crippen molar-refractivity contribution in [3.8, 4) is 0 Å². The molecule has 0 aliphatic heterocycles. The fourth-order valence-corrected chi connectivity index (χ4v) is 9.55. The van der Waals surface area contributed by atoms with Crippen LogP contribution in [0.5, 0.6) is 0 Å². The Morgan fingerprint density at radius 2 is 0.686 bits per heavy atom. The largest absolute Gasteiger partial charge is 0.466 e. The van der Waals surface area contributed by atoms with Crippen molar-refractivity contribution in [2.75, 3.05) is 13.2 Å². The molecule has 1 amide bonds. The van der Waals surface area contributed by atoms with E-state index in [1.807, 2.05) is 6.08 Å². The molecule has 0 radical (unpaired) electrons. The van der Waals surface area contributed by atoms with Crippen molar-refractivity contribution in [2.24, 2.45) is 0 Å². The highest BCUT2D eigenvalue weighted by Gasteiger charge is 2.18. The second kappa shape index (κ2) is 59.6. The number of esters is 1. The fraction of sp³-hybridized carbons (Fsp3) is 0.875. The molecule has 0 aromatic carbocycles. The molecule has 0 fully saturated rings. The Labute approximate surface area is 436 Å². The van der Waals surface area contributed by atoms with Crippen LogP contribution >= 0.6 is 0 Å². The number of aliphatic hydroxyl groups excluding tert-OH is 2. The van der Waals surface area contributed by atoms with Crippen LogP contribution in [0.25, 0.3) is 0 Å². The van der Waals surface area contributed by atoms with E-state index in [1.54, 1.807) is 6.08 Å². The van der Waals surface area contributed by atoms with Crippen molar-refractivity contribution in [2.45, 2.75) is 347 Å². The van der Waals surface area contributed by atoms with Crippen LogP contribution in [0.3, 0.4) is 0 Å². The first kappa shape index (κ1) is 68.1. The summed E-state index contributed by atoms with van der Waals surface area (Å²) in [5.74, 6) is -0.0600. The summed E-state index contributed by atoms with van der Waals surface area (Å²) >= 11 is 0. The Balaban J connectivity index is 3.33. The minimum atomic E-state index is -0.839. The van der Waals surface area contributed by atoms with E-state index in [9.17, 15) is 19.8 Å². The van der Waals surface area contributed by atoms with Gasteiger partial charge in [-0.3, -0.25) is 9.59 Å². The van der Waals surface area contributed by atoms with Crippen molar-refractivity contribution in [1.29, 1.82) is 0 Å². The Bertz CT molecular complexity index is 1130. The summed E-state index contributed by atoms with van der Waals surface area (Å²) in [7, 11) is 0. The normalized spacial score (nSPS) is 12.8. The molecule has 0 aliphatic carbocycles. The molecule has 6 heteroatoms. The molecule has 2 atom stereocenters. The minimum absolute atomic E-state index is 0.00702. The molecule has 2 unspecified atom stereocenters. The summed E-state index contributed by atoms with van der Waals surface area (Å²) in [5.41, 5.74) is 0. The van der Waals surface area contributed by atoms with Gasteiger partial charge in [0.15, 0.2) is 0 Å². The van der Waals surface area contributed by atoms with Crippen molar-refractivity contribution in [3.05, 3.63) is 36.5 Å². The van der Waals surface area contributed by atoms with Gasteiger partial charge in [-0.25, -0.2) is 0 Å². The van der Waals surface area contributed by atoms with E-state index >= 15 is 0 Å². The first-order valence-electron chi connectivity index (χ1n) is 31.3. The number of carbonyl (C=O) groups is 2. The van der Waals surface area contributed by atoms with Crippen LogP contribution in [0.15, 0.2) is 36.5 Å². The lowest BCUT2D eigenvalue weighted by Gasteiger charge is -2.20. The maximum Gasteiger partial charge on any atom is 0.305 e. The molecule has 0 saturated carbocycles. The number of amides is 1. The average molecular weight is 985 g/mol. The molecule has 0 aliphatic rings. The summed E-state index contributed by atoms with van der Waals surface area (Å²) in [6.07, 6.45) is 75.0. The average Bonchev–Trinajstić information content (AvgIpc) is 3.36. The zero-order valence-electron chi connectivity index (χ0n) is 47.0. The number of hydrogen-bond acceptors (Lipinski definition) is 5. The lowest BCUT2D eigenvalue weighted by Crippen LogP contribution is -2.45. The second-order valence-electron chi connectivity index (χ2n) is 21.4. The van der Waals surface area contributed by atoms with E-state index in [4.69, 9.17) is 4.74 Å². The Kier molecular flexibility index (Phi) is 58.0. The van der Waals surface area contributed by atoms with Gasteiger partial charge in [-0.1, -0.05) is 281 Å². The third-order valence-corrected chi connectivity index (χ3v) is 14.4. The highest BCUT2D eigenvalue weighted by Crippen LogP contribution is 2.17. The second-order valence-corrected chi connectivity index (χ2v) is 21.4. The number of unbranched alkanes of at least 4 members (excludes halogenated alkanes) is 43. The summed E-state index contributed by atoms with van der Waals surface area (Å²) in [5, 5.41) is 22.9. The maximum absolute atomic E-state index is 12.4. The lowest BCUT2D eigenvalue weighted by atomic mass is 10.0. The number of carbonyl (C=O) groups excluding carboxylic acids is 2. The summed E-state index contributed by atoms with van der Waals surface area (Å²) in [6.45, 7) is 4.85. The third-order valence-electron chi connectivity index (χ3n) is 14.4. The molecule has 0 heterocycles. The van der Waals surface area contributed by atoms with Gasteiger partial charge in [0.1, 0.15) is 0 Å². The van der Waals surface area contributed by atoms with Crippen LogP contribution in [-0.2, 0) is 14.3 Å². The van der Waals surface area contributed by atoms with Crippen LogP contribution in [-0.4, -0.2) is 47.4 Å². The Morgan fingerprint density at radius 3 is 1.06 bits per heavy atom. The van der Waals surface area contributed by atoms with Crippen molar-refractivity contribution in [3.63, 3.8) is 0 Å². The number of hydrogen-bond donors (Lipinski definition) is 3. The highest BCUT2D eigenvalue weighted by atomic mass is 16.5. The summed E-state index contributed by atoms with van der Waals surface area (Å²) < 4.78 is 5.46. The number of allylic oxidation sites excluding steroid dienone is 5. The predicted molar refractivity (Wildman–Crippen MR) is 306 cm³/mol. The van der Waals surface area contributed by atoms with Gasteiger partial charge in [-0.05, 0) is 77.0 Å². The summed E-state index contributed by atoms with van der Waals surface area (Å²) in [4.78, 5) is 24.4. The molecule has 0 spiro atoms. The first-order chi connectivity index (χ1) is 34.5. The van der Waals surface area contributed by atoms with Gasteiger partial charge in [0, 0.05) is 12.8 Å². The molecular weight excluding hydrogens is 863 g/mol. The van der Waals surface area contributed by atoms with Crippen LogP contribution in [0, 0.1) is 0 Å². The third kappa shape index (κ3) is 55.4. The van der Waals surface area contributed by atoms with Gasteiger partial charge in [-0.2, -0.15) is 0 Å². The molecule has 0 aromatic heterocycles. The zero-order chi connectivity index (χ0) is 50.7. The van der Waals surface area contributed by atoms with Gasteiger partial charge in [0.2, 0.25) is 5.91 Å². The van der Waals surface area contributed by atoms with Gasteiger partial charge >= 0.3 is 5.97 Å². The van der Waals surface area contributed by atoms with E-state index in [1.165, 1.54) is 263 Å². The number of aliphatic hydroxyl groups is 2. The van der Waals surface area contributed by atoms with Crippen molar-refractivity contribution >= 4 is 11.9 Å². The van der Waals surface area contributed by atoms with E-state index in [2.05, 4.69) is 43.5 Å². The molecule has 0 bridgehead atoms. The van der Waals surface area contributed by atoms with E-state index in [0.29, 0.717) is 19.4 Å². The zero-order valence-corrected chi connectivity index (χ0v) is 47.0. The first-order valence-corrected chi connectivity index (χ1v) is 31.3. The molecule has 0 saturated heterocycles. The Morgan fingerprint density at radius 1 is 0.386 bits per heavy atom. The lowest BCUT2D eigenvalue weighted by molar-refractivity contribution is -0.143. The number of rotatable bonds is 58. The van der Waals surface area contributed by atoms with E-state index in [-0.39, 0.29) is 18.5 Å². The predicted octanol–water partition coefficient (Wildman–Crippen LogP) is 19.6. The SMILES string of the molecule is CCCC/C=C\CCCCCCCC(=O)OCCCCCCCCCCCCCC/C=C\CCCCCCCCCCCCCCCCCCCC(=O)NC(CO)C(O)/C=C/CCCCCCCCC. The highest BCUT2D eigenvalue weighted by molar-refractivity contribution is 5.76. The molecule has 0 aromatic rings. The van der Waals surface area contributed by atoms with Crippen LogP contribution < -0.4 is 5.32 Å². The van der Waals surface area contributed by atoms with E-state index in [0.717, 1.165) is 44.9 Å². The Hall–Kier alpha value is -1.92. The van der Waals surface area contributed by atoms with Gasteiger partial charge in [0.25, 0.3) is 0 Å². The van der Waals surface area contributed by atoms with Crippen molar-refractivity contribution in [1.82, 2.24) is 5.32 Å². The van der Waals surface area contributed by atoms with Crippen LogP contribution in [0.2, 0.25) is 0 Å². The minimum Gasteiger partial charge on any atom is -0.466 e. The maximum atomic E-state index is 12.4. The quantitative estimate of drug-likeness (QED) is 0.0321.